The normalized spacial score (nSPS) is 23.8. The fourth-order valence-electron chi connectivity index (χ4n) is 1.52. The van der Waals surface area contributed by atoms with Crippen molar-refractivity contribution in [2.75, 3.05) is 0 Å². The zero-order valence-corrected chi connectivity index (χ0v) is 7.73. The van der Waals surface area contributed by atoms with Crippen molar-refractivity contribution in [3.63, 3.8) is 0 Å². The van der Waals surface area contributed by atoms with Crippen LogP contribution in [0.4, 0.5) is 0 Å². The van der Waals surface area contributed by atoms with E-state index >= 15 is 0 Å². The van der Waals surface area contributed by atoms with Crippen LogP contribution in [0.15, 0.2) is 36.6 Å². The molecule has 1 aromatic carbocycles. The monoisotopic (exact) mass is 190 g/mol. The first-order valence-electron chi connectivity index (χ1n) is 4.32. The van der Waals surface area contributed by atoms with Crippen LogP contribution in [0.5, 0.6) is 5.75 Å². The van der Waals surface area contributed by atoms with Crippen LogP contribution in [-0.2, 0) is 10.2 Å². The molecule has 1 aliphatic rings. The summed E-state index contributed by atoms with van der Waals surface area (Å²) in [4.78, 5) is 11.1. The zero-order chi connectivity index (χ0) is 10.2. The molecule has 1 aromatic rings. The molecule has 14 heavy (non-hydrogen) atoms. The van der Waals surface area contributed by atoms with E-state index in [9.17, 15) is 4.79 Å². The van der Waals surface area contributed by atoms with Crippen LogP contribution in [0.25, 0.3) is 0 Å². The van der Waals surface area contributed by atoms with Gasteiger partial charge in [-0.3, -0.25) is 4.79 Å². The van der Waals surface area contributed by atoms with Crippen LogP contribution < -0.4 is 4.74 Å². The predicted molar refractivity (Wildman–Crippen MR) is 51.2 cm³/mol. The van der Waals surface area contributed by atoms with E-state index in [1.807, 2.05) is 12.1 Å². The Labute approximate surface area is 81.6 Å². The van der Waals surface area contributed by atoms with Gasteiger partial charge < -0.3 is 9.84 Å². The molecule has 1 N–H and O–H groups in total. The van der Waals surface area contributed by atoms with Crippen LogP contribution in [-0.4, -0.2) is 11.1 Å². The number of fused-ring (bicyclic) bond motifs is 1. The molecule has 2 rings (SSSR count). The van der Waals surface area contributed by atoms with Crippen LogP contribution >= 0.6 is 0 Å². The highest BCUT2D eigenvalue weighted by Gasteiger charge is 2.37. The van der Waals surface area contributed by atoms with Gasteiger partial charge in [0.1, 0.15) is 11.2 Å². The third-order valence-corrected chi connectivity index (χ3v) is 2.49. The molecule has 3 heteroatoms. The Morgan fingerprint density at radius 1 is 1.43 bits per heavy atom. The maximum Gasteiger partial charge on any atom is 0.318 e. The first-order valence-corrected chi connectivity index (χ1v) is 4.32. The van der Waals surface area contributed by atoms with Crippen molar-refractivity contribution in [2.45, 2.75) is 12.3 Å². The van der Waals surface area contributed by atoms with E-state index in [1.165, 1.54) is 6.26 Å². The smallest absolute Gasteiger partial charge is 0.318 e. The molecule has 3 nitrogen and oxygen atoms in total. The van der Waals surface area contributed by atoms with Gasteiger partial charge in [0.15, 0.2) is 0 Å². The fourth-order valence-corrected chi connectivity index (χ4v) is 1.52. The molecule has 0 radical (unpaired) electrons. The average Bonchev–Trinajstić information content (AvgIpc) is 2.18. The predicted octanol–water partition coefficient (Wildman–Crippen LogP) is 1.93. The van der Waals surface area contributed by atoms with Crippen LogP contribution in [0.3, 0.4) is 0 Å². The summed E-state index contributed by atoms with van der Waals surface area (Å²) in [5.41, 5.74) is -0.288. The van der Waals surface area contributed by atoms with Gasteiger partial charge >= 0.3 is 5.97 Å². The molecule has 1 unspecified atom stereocenters. The lowest BCUT2D eigenvalue weighted by atomic mass is 9.81. The van der Waals surface area contributed by atoms with E-state index in [1.54, 1.807) is 25.1 Å². The highest BCUT2D eigenvalue weighted by Crippen LogP contribution is 2.36. The third kappa shape index (κ3) is 1.09. The van der Waals surface area contributed by atoms with Crippen molar-refractivity contribution in [3.05, 3.63) is 42.2 Å². The molecule has 0 saturated heterocycles. The molecule has 1 heterocycles. The summed E-state index contributed by atoms with van der Waals surface area (Å²) in [6.07, 6.45) is 2.98. The van der Waals surface area contributed by atoms with Gasteiger partial charge in [-0.25, -0.2) is 0 Å². The maximum absolute atomic E-state index is 11.1. The standard InChI is InChI=1S/C11H10O3/c1-11(10(12)13)6-7-14-9-5-3-2-4-8(9)11/h2-7H,1H3,(H,12,13). The van der Waals surface area contributed by atoms with Gasteiger partial charge in [-0.1, -0.05) is 18.2 Å². The summed E-state index contributed by atoms with van der Waals surface area (Å²) in [6.45, 7) is 1.66. The first kappa shape index (κ1) is 8.81. The second kappa shape index (κ2) is 2.87. The largest absolute Gasteiger partial charge is 0.480 e. The van der Waals surface area contributed by atoms with Crippen molar-refractivity contribution in [2.24, 2.45) is 0 Å². The van der Waals surface area contributed by atoms with Crippen LogP contribution in [0, 0.1) is 0 Å². The minimum atomic E-state index is -0.977. The minimum Gasteiger partial charge on any atom is -0.480 e. The van der Waals surface area contributed by atoms with Crippen molar-refractivity contribution in [1.29, 1.82) is 0 Å². The summed E-state index contributed by atoms with van der Waals surface area (Å²) in [7, 11) is 0. The Hall–Kier alpha value is -1.77. The SMILES string of the molecule is CC1(C(=O)O)C=COc2ccccc21. The fraction of sp³-hybridized carbons (Fsp3) is 0.182. The number of carbonyl (C=O) groups is 1. The molecular formula is C11H10O3. The molecule has 0 aromatic heterocycles. The van der Waals surface area contributed by atoms with E-state index in [0.29, 0.717) is 11.3 Å². The van der Waals surface area contributed by atoms with E-state index in [0.717, 1.165) is 0 Å². The quantitative estimate of drug-likeness (QED) is 0.736. The maximum atomic E-state index is 11.1. The number of hydrogen-bond acceptors (Lipinski definition) is 2. The second-order valence-corrected chi connectivity index (χ2v) is 3.42. The number of carboxylic acid groups (broad SMARTS) is 1. The van der Waals surface area contributed by atoms with E-state index in [4.69, 9.17) is 9.84 Å². The number of ether oxygens (including phenoxy) is 1. The van der Waals surface area contributed by atoms with E-state index in [2.05, 4.69) is 0 Å². The third-order valence-electron chi connectivity index (χ3n) is 2.49. The lowest BCUT2D eigenvalue weighted by molar-refractivity contribution is -0.141. The molecule has 0 aliphatic carbocycles. The Morgan fingerprint density at radius 2 is 2.14 bits per heavy atom. The molecule has 0 fully saturated rings. The molecule has 1 atom stereocenters. The number of hydrogen-bond donors (Lipinski definition) is 1. The van der Waals surface area contributed by atoms with Gasteiger partial charge in [0.25, 0.3) is 0 Å². The highest BCUT2D eigenvalue weighted by molar-refractivity contribution is 5.85. The Balaban J connectivity index is 2.61. The lowest BCUT2D eigenvalue weighted by Crippen LogP contribution is -2.32. The van der Waals surface area contributed by atoms with Gasteiger partial charge in [-0.15, -0.1) is 0 Å². The molecule has 0 spiro atoms. The Morgan fingerprint density at radius 3 is 2.86 bits per heavy atom. The topological polar surface area (TPSA) is 46.5 Å². The summed E-state index contributed by atoms with van der Waals surface area (Å²) < 4.78 is 5.23. The van der Waals surface area contributed by atoms with Gasteiger partial charge in [-0.05, 0) is 19.1 Å². The number of para-hydroxylation sites is 1. The summed E-state index contributed by atoms with van der Waals surface area (Å²) >= 11 is 0. The molecular weight excluding hydrogens is 180 g/mol. The first-order chi connectivity index (χ1) is 6.64. The van der Waals surface area contributed by atoms with Gasteiger partial charge in [0, 0.05) is 5.56 Å². The van der Waals surface area contributed by atoms with Gasteiger partial charge in [-0.2, -0.15) is 0 Å². The minimum absolute atomic E-state index is 0.611. The van der Waals surface area contributed by atoms with Crippen molar-refractivity contribution in [1.82, 2.24) is 0 Å². The number of rotatable bonds is 1. The van der Waals surface area contributed by atoms with E-state index < -0.39 is 11.4 Å². The molecule has 0 saturated carbocycles. The number of aliphatic carboxylic acids is 1. The second-order valence-electron chi connectivity index (χ2n) is 3.42. The number of benzene rings is 1. The molecule has 1 aliphatic heterocycles. The number of carboxylic acids is 1. The van der Waals surface area contributed by atoms with Gasteiger partial charge in [0.05, 0.1) is 6.26 Å². The Bertz CT molecular complexity index is 409. The van der Waals surface area contributed by atoms with Crippen molar-refractivity contribution in [3.8, 4) is 5.75 Å². The summed E-state index contributed by atoms with van der Waals surface area (Å²) in [6, 6.07) is 7.16. The Kier molecular flexibility index (Phi) is 1.81. The molecule has 0 amide bonds. The molecule has 0 bridgehead atoms. The van der Waals surface area contributed by atoms with E-state index in [-0.39, 0.29) is 0 Å². The highest BCUT2D eigenvalue weighted by atomic mass is 16.5. The zero-order valence-electron chi connectivity index (χ0n) is 7.73. The van der Waals surface area contributed by atoms with Crippen LogP contribution in [0.1, 0.15) is 12.5 Å². The van der Waals surface area contributed by atoms with Crippen LogP contribution in [0.2, 0.25) is 0 Å². The summed E-state index contributed by atoms with van der Waals surface area (Å²) in [5.74, 6) is -0.260. The molecule has 72 valence electrons. The summed E-state index contributed by atoms with van der Waals surface area (Å²) in [5, 5.41) is 9.14. The van der Waals surface area contributed by atoms with Crippen molar-refractivity contribution < 1.29 is 14.6 Å². The average molecular weight is 190 g/mol. The lowest BCUT2D eigenvalue weighted by Gasteiger charge is -2.26. The van der Waals surface area contributed by atoms with Gasteiger partial charge in [0.2, 0.25) is 0 Å². The van der Waals surface area contributed by atoms with Crippen molar-refractivity contribution >= 4 is 5.97 Å².